The van der Waals surface area contributed by atoms with Crippen LogP contribution in [0.3, 0.4) is 0 Å². The number of nitrogens with one attached hydrogen (secondary N) is 1. The average Bonchev–Trinajstić information content (AvgIpc) is 2.34. The van der Waals surface area contributed by atoms with Crippen molar-refractivity contribution in [2.24, 2.45) is 0 Å². The molecule has 1 rings (SSSR count). The molecule has 4 nitrogen and oxygen atoms in total. The van der Waals surface area contributed by atoms with E-state index in [1.54, 1.807) is 0 Å². The first-order valence-electron chi connectivity index (χ1n) is 5.28. The Kier molecular flexibility index (Phi) is 6.17. The third-order valence-corrected chi connectivity index (χ3v) is 3.29. The zero-order valence-corrected chi connectivity index (χ0v) is 10.2. The van der Waals surface area contributed by atoms with Crippen molar-refractivity contribution in [2.45, 2.75) is 12.5 Å². The molecule has 92 valence electrons. The van der Waals surface area contributed by atoms with E-state index < -0.39 is 12.0 Å². The molecule has 0 spiro atoms. The lowest BCUT2D eigenvalue weighted by Crippen LogP contribution is -2.37. The molecule has 0 bridgehead atoms. The summed E-state index contributed by atoms with van der Waals surface area (Å²) in [6.45, 7) is 0. The Hall–Kier alpha value is -1.49. The molecule has 5 heteroatoms. The number of carboxylic acid groups (broad SMARTS) is 1. The quantitative estimate of drug-likeness (QED) is 0.539. The lowest BCUT2D eigenvalue weighted by atomic mass is 10.2. The first-order valence-corrected chi connectivity index (χ1v) is 6.43. The van der Waals surface area contributed by atoms with Crippen LogP contribution >= 0.6 is 11.8 Å². The fraction of sp³-hybridized carbons (Fsp3) is 0.333. The maximum Gasteiger partial charge on any atom is 0.327 e. The molecular formula is C12H15NO3S. The standard InChI is InChI=1S/C12H15NO3S/c14-9-13-11(12(15)16)8-17-7-6-10-4-2-1-3-5-10/h1-5,9,11H,6-8H2,(H,13,14)(H,15,16)/t11-/m0/s1. The van der Waals surface area contributed by atoms with E-state index >= 15 is 0 Å². The van der Waals surface area contributed by atoms with Gasteiger partial charge in [0.1, 0.15) is 6.04 Å². The Balaban J connectivity index is 2.23. The first-order chi connectivity index (χ1) is 8.24. The topological polar surface area (TPSA) is 66.4 Å². The van der Waals surface area contributed by atoms with E-state index in [2.05, 4.69) is 5.32 Å². The molecule has 0 unspecified atom stereocenters. The maximum absolute atomic E-state index is 10.7. The van der Waals surface area contributed by atoms with Crippen molar-refractivity contribution in [1.29, 1.82) is 0 Å². The van der Waals surface area contributed by atoms with Gasteiger partial charge in [0.05, 0.1) is 0 Å². The molecule has 0 saturated heterocycles. The van der Waals surface area contributed by atoms with Crippen LogP contribution in [-0.2, 0) is 16.0 Å². The van der Waals surface area contributed by atoms with Gasteiger partial charge in [0.15, 0.2) is 0 Å². The summed E-state index contributed by atoms with van der Waals surface area (Å²) in [6, 6.07) is 9.21. The van der Waals surface area contributed by atoms with Crippen LogP contribution in [0.4, 0.5) is 0 Å². The number of hydrogen-bond acceptors (Lipinski definition) is 3. The van der Waals surface area contributed by atoms with Crippen LogP contribution in [0.25, 0.3) is 0 Å². The molecular weight excluding hydrogens is 238 g/mol. The number of rotatable bonds is 8. The molecule has 17 heavy (non-hydrogen) atoms. The van der Waals surface area contributed by atoms with Gasteiger partial charge in [0.25, 0.3) is 0 Å². The molecule has 1 atom stereocenters. The summed E-state index contributed by atoms with van der Waals surface area (Å²) in [5, 5.41) is 11.1. The molecule has 0 fully saturated rings. The first kappa shape index (κ1) is 13.6. The summed E-state index contributed by atoms with van der Waals surface area (Å²) < 4.78 is 0. The summed E-state index contributed by atoms with van der Waals surface area (Å²) in [5.74, 6) is 0.235. The number of thioether (sulfide) groups is 1. The maximum atomic E-state index is 10.7. The number of aliphatic carboxylic acids is 1. The van der Waals surface area contributed by atoms with Crippen molar-refractivity contribution in [2.75, 3.05) is 11.5 Å². The number of aryl methyl sites for hydroxylation is 1. The molecule has 0 saturated carbocycles. The molecule has 0 aliphatic carbocycles. The van der Waals surface area contributed by atoms with Crippen LogP contribution in [-0.4, -0.2) is 35.0 Å². The zero-order chi connectivity index (χ0) is 12.5. The van der Waals surface area contributed by atoms with Crippen molar-refractivity contribution in [3.8, 4) is 0 Å². The summed E-state index contributed by atoms with van der Waals surface area (Å²) in [6.07, 6.45) is 1.33. The molecule has 0 aromatic heterocycles. The van der Waals surface area contributed by atoms with Crippen LogP contribution in [0.2, 0.25) is 0 Å². The van der Waals surface area contributed by atoms with Crippen molar-refractivity contribution in [1.82, 2.24) is 5.32 Å². The second-order valence-electron chi connectivity index (χ2n) is 3.49. The SMILES string of the molecule is O=CN[C@@H](CSCCc1ccccc1)C(=O)O. The van der Waals surface area contributed by atoms with Gasteiger partial charge < -0.3 is 10.4 Å². The highest BCUT2D eigenvalue weighted by Gasteiger charge is 2.15. The van der Waals surface area contributed by atoms with Crippen molar-refractivity contribution in [3.05, 3.63) is 35.9 Å². The minimum absolute atomic E-state index is 0.390. The van der Waals surface area contributed by atoms with E-state index in [1.165, 1.54) is 17.3 Å². The predicted molar refractivity (Wildman–Crippen MR) is 68.1 cm³/mol. The largest absolute Gasteiger partial charge is 0.480 e. The second kappa shape index (κ2) is 7.73. The molecule has 2 N–H and O–H groups in total. The number of hydrogen-bond donors (Lipinski definition) is 2. The Bertz CT molecular complexity index is 356. The van der Waals surface area contributed by atoms with Gasteiger partial charge in [-0.1, -0.05) is 30.3 Å². The minimum Gasteiger partial charge on any atom is -0.480 e. The molecule has 1 aromatic rings. The summed E-state index contributed by atoms with van der Waals surface area (Å²) in [4.78, 5) is 20.9. The van der Waals surface area contributed by atoms with Crippen molar-refractivity contribution < 1.29 is 14.7 Å². The van der Waals surface area contributed by atoms with Gasteiger partial charge in [-0.3, -0.25) is 4.79 Å². The van der Waals surface area contributed by atoms with Crippen LogP contribution < -0.4 is 5.32 Å². The number of amides is 1. The predicted octanol–water partition coefficient (Wildman–Crippen LogP) is 1.16. The fourth-order valence-corrected chi connectivity index (χ4v) is 2.33. The monoisotopic (exact) mass is 253 g/mol. The minimum atomic E-state index is -0.996. The number of benzene rings is 1. The molecule has 0 radical (unpaired) electrons. The Morgan fingerprint density at radius 2 is 2.12 bits per heavy atom. The zero-order valence-electron chi connectivity index (χ0n) is 9.33. The van der Waals surface area contributed by atoms with Gasteiger partial charge in [0, 0.05) is 5.75 Å². The highest BCUT2D eigenvalue weighted by atomic mass is 32.2. The van der Waals surface area contributed by atoms with Crippen LogP contribution in [0.5, 0.6) is 0 Å². The van der Waals surface area contributed by atoms with Gasteiger partial charge in [-0.25, -0.2) is 4.79 Å². The van der Waals surface area contributed by atoms with E-state index in [9.17, 15) is 9.59 Å². The van der Waals surface area contributed by atoms with E-state index in [1.807, 2.05) is 30.3 Å². The lowest BCUT2D eigenvalue weighted by molar-refractivity contribution is -0.139. The third-order valence-electron chi connectivity index (χ3n) is 2.23. The van der Waals surface area contributed by atoms with Crippen LogP contribution in [0.1, 0.15) is 5.56 Å². The lowest BCUT2D eigenvalue weighted by Gasteiger charge is -2.10. The third kappa shape index (κ3) is 5.40. The van der Waals surface area contributed by atoms with Gasteiger partial charge in [0.2, 0.25) is 6.41 Å². The van der Waals surface area contributed by atoms with E-state index in [-0.39, 0.29) is 0 Å². The molecule has 0 aliphatic heterocycles. The van der Waals surface area contributed by atoms with E-state index in [0.29, 0.717) is 12.2 Å². The highest BCUT2D eigenvalue weighted by Crippen LogP contribution is 2.08. The Morgan fingerprint density at radius 1 is 1.41 bits per heavy atom. The smallest absolute Gasteiger partial charge is 0.327 e. The van der Waals surface area contributed by atoms with Gasteiger partial charge in [-0.05, 0) is 17.7 Å². The van der Waals surface area contributed by atoms with Gasteiger partial charge in [-0.2, -0.15) is 11.8 Å². The van der Waals surface area contributed by atoms with E-state index in [0.717, 1.165) is 12.2 Å². The number of carbonyl (C=O) groups excluding carboxylic acids is 1. The molecule has 1 aromatic carbocycles. The fourth-order valence-electron chi connectivity index (χ4n) is 1.31. The van der Waals surface area contributed by atoms with Crippen molar-refractivity contribution >= 4 is 24.1 Å². The normalized spacial score (nSPS) is 11.8. The van der Waals surface area contributed by atoms with Gasteiger partial charge >= 0.3 is 5.97 Å². The summed E-state index contributed by atoms with van der Waals surface area (Å²) >= 11 is 1.52. The summed E-state index contributed by atoms with van der Waals surface area (Å²) in [5.41, 5.74) is 1.23. The molecule has 0 heterocycles. The molecule has 0 aliphatic rings. The Labute approximate surface area is 104 Å². The van der Waals surface area contributed by atoms with E-state index in [4.69, 9.17) is 5.11 Å². The second-order valence-corrected chi connectivity index (χ2v) is 4.64. The van der Waals surface area contributed by atoms with Crippen molar-refractivity contribution in [3.63, 3.8) is 0 Å². The number of carboxylic acids is 1. The average molecular weight is 253 g/mol. The Morgan fingerprint density at radius 3 is 2.71 bits per heavy atom. The number of carbonyl (C=O) groups is 2. The van der Waals surface area contributed by atoms with Crippen LogP contribution in [0, 0.1) is 0 Å². The van der Waals surface area contributed by atoms with Crippen LogP contribution in [0.15, 0.2) is 30.3 Å². The molecule has 1 amide bonds. The summed E-state index contributed by atoms with van der Waals surface area (Å²) in [7, 11) is 0. The highest BCUT2D eigenvalue weighted by molar-refractivity contribution is 7.99. The van der Waals surface area contributed by atoms with Gasteiger partial charge in [-0.15, -0.1) is 0 Å².